The van der Waals surface area contributed by atoms with Gasteiger partial charge in [-0.1, -0.05) is 12.1 Å². The summed E-state index contributed by atoms with van der Waals surface area (Å²) in [5, 5.41) is 15.9. The average molecular weight is 388 g/mol. The SMILES string of the molecule is O=C1CCCN1c1ccc(Nc2ccc3nnc(-c4ccccc4F)n3n2)cc1. The lowest BCUT2D eigenvalue weighted by atomic mass is 10.2. The molecule has 29 heavy (non-hydrogen) atoms. The zero-order chi connectivity index (χ0) is 19.8. The zero-order valence-electron chi connectivity index (χ0n) is 15.4. The zero-order valence-corrected chi connectivity index (χ0v) is 15.4. The molecule has 7 nitrogen and oxygen atoms in total. The minimum absolute atomic E-state index is 0.158. The molecule has 0 spiro atoms. The van der Waals surface area contributed by atoms with E-state index < -0.39 is 0 Å². The number of amides is 1. The van der Waals surface area contributed by atoms with Gasteiger partial charge in [-0.05, 0) is 55.0 Å². The van der Waals surface area contributed by atoms with Crippen molar-refractivity contribution in [2.45, 2.75) is 12.8 Å². The van der Waals surface area contributed by atoms with Crippen LogP contribution in [0, 0.1) is 5.82 Å². The van der Waals surface area contributed by atoms with Gasteiger partial charge in [0.15, 0.2) is 17.3 Å². The second kappa shape index (κ2) is 6.97. The van der Waals surface area contributed by atoms with Crippen molar-refractivity contribution in [3.8, 4) is 11.4 Å². The molecule has 1 fully saturated rings. The largest absolute Gasteiger partial charge is 0.339 e. The van der Waals surface area contributed by atoms with E-state index in [1.807, 2.05) is 24.3 Å². The number of nitrogens with zero attached hydrogens (tertiary/aromatic N) is 5. The molecular weight excluding hydrogens is 371 g/mol. The molecule has 0 unspecified atom stereocenters. The Morgan fingerprint density at radius 1 is 0.966 bits per heavy atom. The lowest BCUT2D eigenvalue weighted by molar-refractivity contribution is -0.117. The number of carbonyl (C=O) groups excluding carboxylic acids is 1. The Balaban J connectivity index is 1.43. The fourth-order valence-electron chi connectivity index (χ4n) is 3.46. The molecule has 0 bridgehead atoms. The normalized spacial score (nSPS) is 14.0. The number of hydrogen-bond donors (Lipinski definition) is 1. The van der Waals surface area contributed by atoms with Gasteiger partial charge in [0, 0.05) is 24.3 Å². The van der Waals surface area contributed by atoms with E-state index in [-0.39, 0.29) is 11.7 Å². The molecule has 1 N–H and O–H groups in total. The highest BCUT2D eigenvalue weighted by molar-refractivity contribution is 5.95. The van der Waals surface area contributed by atoms with Crippen molar-refractivity contribution >= 4 is 28.7 Å². The number of halogens is 1. The number of fused-ring (bicyclic) bond motifs is 1. The first kappa shape index (κ1) is 17.3. The Morgan fingerprint density at radius 2 is 1.79 bits per heavy atom. The quantitative estimate of drug-likeness (QED) is 0.576. The van der Waals surface area contributed by atoms with Crippen molar-refractivity contribution in [3.05, 3.63) is 66.5 Å². The second-order valence-corrected chi connectivity index (χ2v) is 6.81. The van der Waals surface area contributed by atoms with Gasteiger partial charge in [0.1, 0.15) is 5.82 Å². The lowest BCUT2D eigenvalue weighted by Crippen LogP contribution is -2.23. The molecule has 4 aromatic rings. The summed E-state index contributed by atoms with van der Waals surface area (Å²) in [6.07, 6.45) is 1.50. The molecule has 2 aromatic carbocycles. The molecule has 8 heteroatoms. The number of benzene rings is 2. The van der Waals surface area contributed by atoms with Crippen LogP contribution < -0.4 is 10.2 Å². The summed E-state index contributed by atoms with van der Waals surface area (Å²) >= 11 is 0. The summed E-state index contributed by atoms with van der Waals surface area (Å²) < 4.78 is 15.7. The van der Waals surface area contributed by atoms with Crippen LogP contribution in [0.15, 0.2) is 60.7 Å². The van der Waals surface area contributed by atoms with E-state index in [0.717, 1.165) is 24.3 Å². The first-order valence-corrected chi connectivity index (χ1v) is 9.34. The third-order valence-corrected chi connectivity index (χ3v) is 4.90. The van der Waals surface area contributed by atoms with E-state index >= 15 is 0 Å². The summed E-state index contributed by atoms with van der Waals surface area (Å²) in [5.41, 5.74) is 2.58. The standard InChI is InChI=1S/C21H17FN6O/c22-17-5-2-1-4-16(17)21-25-24-19-12-11-18(26-28(19)21)23-14-7-9-15(10-8-14)27-13-3-6-20(27)29/h1-2,4-5,7-12H,3,6,13H2,(H,23,26). The molecule has 1 saturated heterocycles. The number of carbonyl (C=O) groups is 1. The van der Waals surface area contributed by atoms with Crippen LogP contribution in [0.2, 0.25) is 0 Å². The fraction of sp³-hybridized carbons (Fsp3) is 0.143. The van der Waals surface area contributed by atoms with Crippen molar-refractivity contribution in [1.29, 1.82) is 0 Å². The molecule has 1 amide bonds. The Labute approximate surface area is 165 Å². The average Bonchev–Trinajstić information content (AvgIpc) is 3.35. The molecule has 1 aliphatic rings. The smallest absolute Gasteiger partial charge is 0.227 e. The van der Waals surface area contributed by atoms with Crippen molar-refractivity contribution in [2.24, 2.45) is 0 Å². The van der Waals surface area contributed by atoms with Gasteiger partial charge in [-0.25, -0.2) is 4.39 Å². The fourth-order valence-corrected chi connectivity index (χ4v) is 3.46. The molecule has 0 atom stereocenters. The third kappa shape index (κ3) is 3.18. The maximum Gasteiger partial charge on any atom is 0.227 e. The lowest BCUT2D eigenvalue weighted by Gasteiger charge is -2.16. The van der Waals surface area contributed by atoms with Gasteiger partial charge in [-0.15, -0.1) is 15.3 Å². The van der Waals surface area contributed by atoms with Crippen molar-refractivity contribution in [3.63, 3.8) is 0 Å². The second-order valence-electron chi connectivity index (χ2n) is 6.81. The molecule has 3 heterocycles. The maximum absolute atomic E-state index is 14.2. The molecule has 5 rings (SSSR count). The highest BCUT2D eigenvalue weighted by Crippen LogP contribution is 2.25. The van der Waals surface area contributed by atoms with Crippen LogP contribution in [0.3, 0.4) is 0 Å². The van der Waals surface area contributed by atoms with Gasteiger partial charge in [0.2, 0.25) is 5.91 Å². The minimum atomic E-state index is -0.381. The summed E-state index contributed by atoms with van der Waals surface area (Å²) in [6.45, 7) is 0.760. The Morgan fingerprint density at radius 3 is 2.55 bits per heavy atom. The van der Waals surface area contributed by atoms with Crippen LogP contribution in [0.4, 0.5) is 21.6 Å². The first-order valence-electron chi connectivity index (χ1n) is 9.34. The van der Waals surface area contributed by atoms with Gasteiger partial charge in [-0.2, -0.15) is 4.52 Å². The van der Waals surface area contributed by atoms with Crippen molar-refractivity contribution in [1.82, 2.24) is 19.8 Å². The molecule has 1 aliphatic heterocycles. The van der Waals surface area contributed by atoms with Gasteiger partial charge < -0.3 is 10.2 Å². The highest BCUT2D eigenvalue weighted by atomic mass is 19.1. The van der Waals surface area contributed by atoms with Crippen LogP contribution in [0.25, 0.3) is 17.0 Å². The number of anilines is 3. The van der Waals surface area contributed by atoms with E-state index in [4.69, 9.17) is 0 Å². The molecule has 0 saturated carbocycles. The molecule has 0 aliphatic carbocycles. The predicted octanol–water partition coefficient (Wildman–Crippen LogP) is 3.80. The van der Waals surface area contributed by atoms with E-state index in [9.17, 15) is 9.18 Å². The molecule has 0 radical (unpaired) electrons. The van der Waals surface area contributed by atoms with E-state index in [0.29, 0.717) is 29.3 Å². The third-order valence-electron chi connectivity index (χ3n) is 4.90. The predicted molar refractivity (Wildman–Crippen MR) is 107 cm³/mol. The summed E-state index contributed by atoms with van der Waals surface area (Å²) in [4.78, 5) is 13.7. The monoisotopic (exact) mass is 388 g/mol. The topological polar surface area (TPSA) is 75.4 Å². The van der Waals surface area contributed by atoms with Crippen LogP contribution in [0.1, 0.15) is 12.8 Å². The highest BCUT2D eigenvalue weighted by Gasteiger charge is 2.21. The van der Waals surface area contributed by atoms with E-state index in [1.54, 1.807) is 35.2 Å². The van der Waals surface area contributed by atoms with Gasteiger partial charge in [0.25, 0.3) is 0 Å². The maximum atomic E-state index is 14.2. The van der Waals surface area contributed by atoms with Crippen LogP contribution in [0.5, 0.6) is 0 Å². The summed E-state index contributed by atoms with van der Waals surface area (Å²) in [5.74, 6) is 0.685. The number of rotatable bonds is 4. The molecule has 144 valence electrons. The Hall–Kier alpha value is -3.81. The minimum Gasteiger partial charge on any atom is -0.339 e. The Bertz CT molecular complexity index is 1200. The van der Waals surface area contributed by atoms with Crippen LogP contribution in [-0.4, -0.2) is 32.3 Å². The summed E-state index contributed by atoms with van der Waals surface area (Å²) in [6, 6.07) is 17.6. The van der Waals surface area contributed by atoms with E-state index in [1.165, 1.54) is 10.6 Å². The van der Waals surface area contributed by atoms with Gasteiger partial charge in [-0.3, -0.25) is 4.79 Å². The van der Waals surface area contributed by atoms with Crippen LogP contribution >= 0.6 is 0 Å². The molecular formula is C21H17FN6O. The molecule has 2 aromatic heterocycles. The van der Waals surface area contributed by atoms with Crippen molar-refractivity contribution < 1.29 is 9.18 Å². The summed E-state index contributed by atoms with van der Waals surface area (Å²) in [7, 11) is 0. The number of nitrogens with one attached hydrogen (secondary N) is 1. The number of hydrogen-bond acceptors (Lipinski definition) is 5. The van der Waals surface area contributed by atoms with Gasteiger partial charge in [0.05, 0.1) is 5.56 Å². The van der Waals surface area contributed by atoms with Gasteiger partial charge >= 0.3 is 0 Å². The van der Waals surface area contributed by atoms with Crippen molar-refractivity contribution in [2.75, 3.05) is 16.8 Å². The Kier molecular flexibility index (Phi) is 4.16. The van der Waals surface area contributed by atoms with Crippen LogP contribution in [-0.2, 0) is 4.79 Å². The first-order chi connectivity index (χ1) is 14.2. The van der Waals surface area contributed by atoms with E-state index in [2.05, 4.69) is 20.6 Å². The number of aromatic nitrogens is 4.